The number of carbonyl (C=O) groups is 3. The predicted molar refractivity (Wildman–Crippen MR) is 120 cm³/mol. The molecule has 0 bridgehead atoms. The molecule has 186 valence electrons. The maximum Gasteiger partial charge on any atom is 0.422 e. The summed E-state index contributed by atoms with van der Waals surface area (Å²) in [6, 6.07) is -1.76. The Labute approximate surface area is 190 Å². The number of hydrogen-bond acceptors (Lipinski definition) is 9. The van der Waals surface area contributed by atoms with Gasteiger partial charge in [0, 0.05) is 5.92 Å². The number of allylic oxidation sites excluding steroid dienone is 1. The van der Waals surface area contributed by atoms with Crippen LogP contribution in [0.2, 0.25) is 0 Å². The van der Waals surface area contributed by atoms with Crippen molar-refractivity contribution in [3.05, 3.63) is 11.5 Å². The van der Waals surface area contributed by atoms with E-state index in [2.05, 4.69) is 20.5 Å². The van der Waals surface area contributed by atoms with E-state index in [-0.39, 0.29) is 17.6 Å². The third kappa shape index (κ3) is 12.1. The number of nitrogens with one attached hydrogen (secondary N) is 3. The molecular weight excluding hydrogens is 440 g/mol. The summed E-state index contributed by atoms with van der Waals surface area (Å²) in [7, 11) is -4.09. The highest BCUT2D eigenvalue weighted by molar-refractivity contribution is 7.89. The molecule has 0 aliphatic heterocycles. The average Bonchev–Trinajstić information content (AvgIpc) is 2.62. The molecule has 0 aromatic heterocycles. The number of nitrogens with two attached hydrogens (primary N) is 1. The Hall–Kier alpha value is -2.02. The van der Waals surface area contributed by atoms with E-state index in [4.69, 9.17) is 10.6 Å². The van der Waals surface area contributed by atoms with Gasteiger partial charge in [-0.2, -0.15) is 18.6 Å². The molecule has 5 N–H and O–H groups in total. The SMILES string of the molecule is CC(C)CC(C=CS(=O)(=O)ON)C(=O)C(C)NC(=O)C(NNC(=O)OC(C)(C)C)C(C)C. The summed E-state index contributed by atoms with van der Waals surface area (Å²) in [5.41, 5.74) is 4.26. The molecule has 0 fully saturated rings. The normalized spacial score (nSPS) is 15.5. The Kier molecular flexibility index (Phi) is 12.1. The Morgan fingerprint density at radius 2 is 1.62 bits per heavy atom. The molecule has 2 amide bonds. The van der Waals surface area contributed by atoms with Gasteiger partial charge in [-0.25, -0.2) is 10.2 Å². The van der Waals surface area contributed by atoms with E-state index in [1.54, 1.807) is 34.6 Å². The zero-order valence-corrected chi connectivity index (χ0v) is 20.9. The first kappa shape index (κ1) is 30.0. The standard InChI is InChI=1S/C20H38N4O7S/c1-12(2)11-15(9-10-32(28,29)31-21)17(25)14(5)22-18(26)16(13(3)4)23-24-19(27)30-20(6,7)8/h9-10,12-16,23H,11,21H2,1-8H3,(H,22,26)(H,24,27). The Balaban J connectivity index is 5.26. The maximum absolute atomic E-state index is 12.9. The van der Waals surface area contributed by atoms with Crippen molar-refractivity contribution in [3.8, 4) is 0 Å². The monoisotopic (exact) mass is 478 g/mol. The van der Waals surface area contributed by atoms with Crippen LogP contribution in [-0.2, 0) is 28.7 Å². The molecule has 0 aromatic carbocycles. The molecule has 3 unspecified atom stereocenters. The van der Waals surface area contributed by atoms with Crippen LogP contribution in [0, 0.1) is 17.8 Å². The van der Waals surface area contributed by atoms with Gasteiger partial charge in [0.25, 0.3) is 0 Å². The lowest BCUT2D eigenvalue weighted by molar-refractivity contribution is -0.130. The fourth-order valence-corrected chi connectivity index (χ4v) is 3.14. The zero-order valence-electron chi connectivity index (χ0n) is 20.1. The van der Waals surface area contributed by atoms with Crippen LogP contribution < -0.4 is 22.1 Å². The fourth-order valence-electron chi connectivity index (χ4n) is 2.69. The van der Waals surface area contributed by atoms with E-state index in [1.165, 1.54) is 13.0 Å². The van der Waals surface area contributed by atoms with Crippen molar-refractivity contribution in [2.75, 3.05) is 0 Å². The molecule has 3 atom stereocenters. The molecule has 0 rings (SSSR count). The highest BCUT2D eigenvalue weighted by Crippen LogP contribution is 2.17. The first-order chi connectivity index (χ1) is 14.5. The number of rotatable bonds is 12. The second-order valence-electron chi connectivity index (χ2n) is 9.28. The first-order valence-corrected chi connectivity index (χ1v) is 11.9. The second kappa shape index (κ2) is 12.9. The van der Waals surface area contributed by atoms with Crippen LogP contribution in [0.4, 0.5) is 4.79 Å². The van der Waals surface area contributed by atoms with Crippen LogP contribution in [0.5, 0.6) is 0 Å². The van der Waals surface area contributed by atoms with Gasteiger partial charge in [-0.05, 0) is 46.0 Å². The van der Waals surface area contributed by atoms with Crippen molar-refractivity contribution in [2.24, 2.45) is 23.7 Å². The smallest absolute Gasteiger partial charge is 0.422 e. The minimum atomic E-state index is -4.09. The molecule has 0 saturated carbocycles. The summed E-state index contributed by atoms with van der Waals surface area (Å²) in [6.45, 7) is 13.9. The van der Waals surface area contributed by atoms with E-state index < -0.39 is 45.7 Å². The molecule has 0 aliphatic carbocycles. The van der Waals surface area contributed by atoms with Crippen molar-refractivity contribution in [3.63, 3.8) is 0 Å². The van der Waals surface area contributed by atoms with E-state index in [0.29, 0.717) is 6.42 Å². The van der Waals surface area contributed by atoms with Gasteiger partial charge in [0.1, 0.15) is 11.6 Å². The van der Waals surface area contributed by atoms with Crippen molar-refractivity contribution >= 4 is 27.9 Å². The lowest BCUT2D eigenvalue weighted by Crippen LogP contribution is -2.57. The molecule has 0 spiro atoms. The fraction of sp³-hybridized carbons (Fsp3) is 0.750. The molecule has 0 aliphatic rings. The zero-order chi connectivity index (χ0) is 25.3. The summed E-state index contributed by atoms with van der Waals surface area (Å²) >= 11 is 0. The van der Waals surface area contributed by atoms with Crippen molar-refractivity contribution in [1.29, 1.82) is 0 Å². The van der Waals surface area contributed by atoms with Gasteiger partial charge in [-0.15, -0.1) is 0 Å². The predicted octanol–water partition coefficient (Wildman–Crippen LogP) is 1.51. The Morgan fingerprint density at radius 3 is 2.06 bits per heavy atom. The molecule has 11 nitrogen and oxygen atoms in total. The third-order valence-electron chi connectivity index (χ3n) is 4.17. The number of Topliss-reactive ketones (excluding diaryl/α,β-unsaturated/α-hetero) is 1. The minimum absolute atomic E-state index is 0.0844. The first-order valence-electron chi connectivity index (χ1n) is 10.4. The molecule has 0 heterocycles. The molecule has 32 heavy (non-hydrogen) atoms. The third-order valence-corrected chi connectivity index (χ3v) is 4.92. The molecule has 12 heteroatoms. The van der Waals surface area contributed by atoms with Crippen molar-refractivity contribution in [1.82, 2.24) is 16.2 Å². The van der Waals surface area contributed by atoms with Gasteiger partial charge in [0.2, 0.25) is 5.91 Å². The summed E-state index contributed by atoms with van der Waals surface area (Å²) in [6.07, 6.45) is 0.822. The summed E-state index contributed by atoms with van der Waals surface area (Å²) < 4.78 is 31.9. The van der Waals surface area contributed by atoms with Crippen LogP contribution >= 0.6 is 0 Å². The van der Waals surface area contributed by atoms with E-state index >= 15 is 0 Å². The van der Waals surface area contributed by atoms with E-state index in [9.17, 15) is 22.8 Å². The van der Waals surface area contributed by atoms with Crippen LogP contribution in [-0.4, -0.2) is 43.9 Å². The minimum Gasteiger partial charge on any atom is -0.443 e. The largest absolute Gasteiger partial charge is 0.443 e. The number of ether oxygens (including phenoxy) is 1. The summed E-state index contributed by atoms with van der Waals surface area (Å²) in [5, 5.41) is 3.35. The molecule has 0 radical (unpaired) electrons. The van der Waals surface area contributed by atoms with Crippen LogP contribution in [0.25, 0.3) is 0 Å². The van der Waals surface area contributed by atoms with Gasteiger partial charge < -0.3 is 10.1 Å². The van der Waals surface area contributed by atoms with Gasteiger partial charge in [0.05, 0.1) is 11.4 Å². The summed E-state index contributed by atoms with van der Waals surface area (Å²) in [5.74, 6) is 2.90. The average molecular weight is 479 g/mol. The van der Waals surface area contributed by atoms with Gasteiger partial charge in [0.15, 0.2) is 5.78 Å². The topological polar surface area (TPSA) is 166 Å². The highest BCUT2D eigenvalue weighted by Gasteiger charge is 2.29. The quantitative estimate of drug-likeness (QED) is 0.304. The van der Waals surface area contributed by atoms with E-state index in [0.717, 1.165) is 5.41 Å². The number of hydrazine groups is 1. The number of amides is 2. The second-order valence-corrected chi connectivity index (χ2v) is 10.7. The van der Waals surface area contributed by atoms with Gasteiger partial charge in [-0.3, -0.25) is 15.0 Å². The lowest BCUT2D eigenvalue weighted by atomic mass is 9.90. The number of ketones is 1. The Bertz CT molecular complexity index is 773. The molecule has 0 aromatic rings. The maximum atomic E-state index is 12.9. The van der Waals surface area contributed by atoms with Crippen LogP contribution in [0.15, 0.2) is 11.5 Å². The summed E-state index contributed by atoms with van der Waals surface area (Å²) in [4.78, 5) is 37.5. The highest BCUT2D eigenvalue weighted by atomic mass is 32.2. The van der Waals surface area contributed by atoms with Crippen LogP contribution in [0.3, 0.4) is 0 Å². The van der Waals surface area contributed by atoms with Gasteiger partial charge in [-0.1, -0.05) is 33.8 Å². The van der Waals surface area contributed by atoms with Crippen molar-refractivity contribution < 1.29 is 31.8 Å². The number of hydrogen-bond donors (Lipinski definition) is 4. The Morgan fingerprint density at radius 1 is 1.06 bits per heavy atom. The van der Waals surface area contributed by atoms with E-state index in [1.807, 2.05) is 13.8 Å². The van der Waals surface area contributed by atoms with Crippen molar-refractivity contribution in [2.45, 2.75) is 79.5 Å². The molecule has 0 saturated heterocycles. The molecular formula is C20H38N4O7S. The van der Waals surface area contributed by atoms with Crippen LogP contribution in [0.1, 0.15) is 61.8 Å². The van der Waals surface area contributed by atoms with Gasteiger partial charge >= 0.3 is 16.2 Å². The lowest BCUT2D eigenvalue weighted by Gasteiger charge is -2.26. The number of carbonyl (C=O) groups excluding carboxylic acids is 3.